The van der Waals surface area contributed by atoms with Gasteiger partial charge in [-0.3, -0.25) is 4.98 Å². The Kier molecular flexibility index (Phi) is 3.43. The Morgan fingerprint density at radius 2 is 2.10 bits per heavy atom. The first-order chi connectivity index (χ1) is 9.85. The predicted molar refractivity (Wildman–Crippen MR) is 79.5 cm³/mol. The second-order valence-electron chi connectivity index (χ2n) is 6.44. The molecule has 21 heavy (non-hydrogen) atoms. The van der Waals surface area contributed by atoms with Crippen LogP contribution in [0.2, 0.25) is 5.15 Å². The van der Waals surface area contributed by atoms with E-state index in [1.807, 2.05) is 25.7 Å². The zero-order valence-corrected chi connectivity index (χ0v) is 13.2. The summed E-state index contributed by atoms with van der Waals surface area (Å²) in [6.45, 7) is 6.99. The Balaban J connectivity index is 1.67. The number of hydrogen-bond acceptors (Lipinski definition) is 5. The summed E-state index contributed by atoms with van der Waals surface area (Å²) in [6.07, 6.45) is 3.94. The quantitative estimate of drug-likeness (QED) is 0.797. The van der Waals surface area contributed by atoms with Crippen LogP contribution in [-0.4, -0.2) is 51.7 Å². The van der Waals surface area contributed by atoms with Gasteiger partial charge < -0.3 is 14.5 Å². The van der Waals surface area contributed by atoms with E-state index in [1.54, 1.807) is 6.20 Å². The van der Waals surface area contributed by atoms with Crippen molar-refractivity contribution in [1.82, 2.24) is 14.9 Å². The van der Waals surface area contributed by atoms with Crippen LogP contribution in [-0.2, 0) is 4.74 Å². The lowest BCUT2D eigenvalue weighted by Crippen LogP contribution is -2.50. The molecule has 2 unspecified atom stereocenters. The summed E-state index contributed by atoms with van der Waals surface area (Å²) in [5.74, 6) is 0.777. The highest BCUT2D eigenvalue weighted by molar-refractivity contribution is 6.29. The first-order valence-corrected chi connectivity index (χ1v) is 7.47. The molecule has 0 spiro atoms. The van der Waals surface area contributed by atoms with Crippen LogP contribution in [0.3, 0.4) is 0 Å². The van der Waals surface area contributed by atoms with Crippen molar-refractivity contribution in [2.75, 3.05) is 18.0 Å². The summed E-state index contributed by atoms with van der Waals surface area (Å²) >= 11 is 5.89. The first kappa shape index (κ1) is 14.4. The molecule has 6 nitrogen and oxygen atoms in total. The molecule has 2 aliphatic rings. The molecule has 1 aliphatic carbocycles. The zero-order valence-electron chi connectivity index (χ0n) is 12.4. The molecule has 2 fully saturated rings. The monoisotopic (exact) mass is 310 g/mol. The van der Waals surface area contributed by atoms with Gasteiger partial charge in [-0.25, -0.2) is 9.78 Å². The highest BCUT2D eigenvalue weighted by Gasteiger charge is 2.52. The smallest absolute Gasteiger partial charge is 0.410 e. The summed E-state index contributed by atoms with van der Waals surface area (Å²) in [6, 6.07) is 0.494. The molecular weight excluding hydrogens is 292 g/mol. The van der Waals surface area contributed by atoms with Crippen LogP contribution >= 0.6 is 11.6 Å². The molecule has 1 aliphatic heterocycles. The molecule has 2 atom stereocenters. The molecule has 2 heterocycles. The molecule has 7 heteroatoms. The van der Waals surface area contributed by atoms with E-state index in [9.17, 15) is 4.79 Å². The van der Waals surface area contributed by atoms with Crippen LogP contribution in [0, 0.1) is 0 Å². The highest BCUT2D eigenvalue weighted by Crippen LogP contribution is 2.39. The van der Waals surface area contributed by atoms with E-state index in [0.717, 1.165) is 18.8 Å². The number of amides is 1. The molecule has 3 rings (SSSR count). The van der Waals surface area contributed by atoms with Gasteiger partial charge in [0, 0.05) is 13.1 Å². The molecular formula is C14H19ClN4O2. The van der Waals surface area contributed by atoms with E-state index in [-0.39, 0.29) is 12.1 Å². The molecule has 1 aromatic heterocycles. The van der Waals surface area contributed by atoms with Gasteiger partial charge in [-0.1, -0.05) is 11.6 Å². The molecule has 1 aromatic rings. The predicted octanol–water partition coefficient (Wildman–Crippen LogP) is 2.33. The maximum absolute atomic E-state index is 12.2. The second kappa shape index (κ2) is 5.02. The number of ether oxygens (including phenoxy) is 1. The molecule has 114 valence electrons. The maximum Gasteiger partial charge on any atom is 0.410 e. The average molecular weight is 311 g/mol. The van der Waals surface area contributed by atoms with Gasteiger partial charge in [-0.05, 0) is 27.2 Å². The van der Waals surface area contributed by atoms with Gasteiger partial charge in [-0.15, -0.1) is 0 Å². The molecule has 1 saturated carbocycles. The van der Waals surface area contributed by atoms with Crippen molar-refractivity contribution in [3.8, 4) is 0 Å². The third kappa shape index (κ3) is 3.05. The van der Waals surface area contributed by atoms with Gasteiger partial charge in [0.15, 0.2) is 0 Å². The van der Waals surface area contributed by atoms with Gasteiger partial charge in [0.2, 0.25) is 0 Å². The summed E-state index contributed by atoms with van der Waals surface area (Å²) in [4.78, 5) is 24.6. The van der Waals surface area contributed by atoms with E-state index in [1.165, 1.54) is 6.20 Å². The van der Waals surface area contributed by atoms with Gasteiger partial charge in [0.05, 0.1) is 24.5 Å². The van der Waals surface area contributed by atoms with E-state index >= 15 is 0 Å². The third-order valence-corrected chi connectivity index (χ3v) is 3.80. The number of aromatic nitrogens is 2. The molecule has 0 bridgehead atoms. The van der Waals surface area contributed by atoms with E-state index in [2.05, 4.69) is 14.9 Å². The van der Waals surface area contributed by atoms with Crippen LogP contribution in [0.25, 0.3) is 0 Å². The van der Waals surface area contributed by atoms with Crippen LogP contribution in [0.1, 0.15) is 27.2 Å². The summed E-state index contributed by atoms with van der Waals surface area (Å²) < 4.78 is 5.45. The fraction of sp³-hybridized carbons (Fsp3) is 0.643. The Bertz CT molecular complexity index is 560. The molecule has 1 saturated heterocycles. The Hall–Kier alpha value is -1.56. The van der Waals surface area contributed by atoms with Gasteiger partial charge in [0.25, 0.3) is 0 Å². The summed E-state index contributed by atoms with van der Waals surface area (Å²) in [5.41, 5.74) is -0.461. The number of nitrogens with zero attached hydrogens (tertiary/aromatic N) is 4. The van der Waals surface area contributed by atoms with Gasteiger partial charge >= 0.3 is 6.09 Å². The minimum absolute atomic E-state index is 0.203. The number of fused-ring (bicyclic) bond motifs is 1. The molecule has 0 aromatic carbocycles. The Labute approximate surface area is 129 Å². The summed E-state index contributed by atoms with van der Waals surface area (Å²) in [5, 5.41) is 0.388. The minimum Gasteiger partial charge on any atom is -0.444 e. The molecule has 0 radical (unpaired) electrons. The van der Waals surface area contributed by atoms with Crippen LogP contribution in [0.5, 0.6) is 0 Å². The third-order valence-electron chi connectivity index (χ3n) is 3.62. The number of halogens is 1. The zero-order chi connectivity index (χ0) is 15.2. The Morgan fingerprint density at radius 3 is 2.76 bits per heavy atom. The van der Waals surface area contributed by atoms with Gasteiger partial charge in [-0.2, -0.15) is 0 Å². The lowest BCUT2D eigenvalue weighted by molar-refractivity contribution is 0.0218. The number of piperazine rings is 1. The molecule has 0 N–H and O–H groups in total. The van der Waals surface area contributed by atoms with Crippen molar-refractivity contribution in [3.63, 3.8) is 0 Å². The maximum atomic E-state index is 12.2. The number of hydrogen-bond donors (Lipinski definition) is 0. The topological polar surface area (TPSA) is 58.6 Å². The lowest BCUT2D eigenvalue weighted by Gasteiger charge is -2.35. The fourth-order valence-electron chi connectivity index (χ4n) is 2.69. The lowest BCUT2D eigenvalue weighted by atomic mass is 10.2. The van der Waals surface area contributed by atoms with Crippen molar-refractivity contribution < 1.29 is 9.53 Å². The normalized spacial score (nSPS) is 24.6. The minimum atomic E-state index is -0.461. The van der Waals surface area contributed by atoms with Crippen LogP contribution in [0.15, 0.2) is 12.4 Å². The number of carbonyl (C=O) groups excluding carboxylic acids is 1. The summed E-state index contributed by atoms with van der Waals surface area (Å²) in [7, 11) is 0. The number of anilines is 1. The fourth-order valence-corrected chi connectivity index (χ4v) is 2.83. The SMILES string of the molecule is CC(C)(C)OC(=O)N1CCN(c2cncc(Cl)n2)C2CC21. The van der Waals surface area contributed by atoms with Crippen molar-refractivity contribution >= 4 is 23.5 Å². The van der Waals surface area contributed by atoms with E-state index in [0.29, 0.717) is 17.7 Å². The van der Waals surface area contributed by atoms with Crippen LogP contribution < -0.4 is 4.90 Å². The largest absolute Gasteiger partial charge is 0.444 e. The van der Waals surface area contributed by atoms with Crippen molar-refractivity contribution in [2.24, 2.45) is 0 Å². The second-order valence-corrected chi connectivity index (χ2v) is 6.82. The number of rotatable bonds is 1. The Morgan fingerprint density at radius 1 is 1.33 bits per heavy atom. The molecule has 1 amide bonds. The van der Waals surface area contributed by atoms with Crippen molar-refractivity contribution in [3.05, 3.63) is 17.5 Å². The van der Waals surface area contributed by atoms with E-state index in [4.69, 9.17) is 16.3 Å². The highest BCUT2D eigenvalue weighted by atomic mass is 35.5. The first-order valence-electron chi connectivity index (χ1n) is 7.09. The average Bonchev–Trinajstić information content (AvgIpc) is 3.15. The number of carbonyl (C=O) groups is 1. The standard InChI is InChI=1S/C14H19ClN4O2/c1-14(2,3)21-13(20)19-5-4-18(9-6-10(9)19)12-8-16-7-11(15)17-12/h7-10H,4-6H2,1-3H3. The van der Waals surface area contributed by atoms with Crippen LogP contribution in [0.4, 0.5) is 10.6 Å². The van der Waals surface area contributed by atoms with Crippen molar-refractivity contribution in [2.45, 2.75) is 44.9 Å². The van der Waals surface area contributed by atoms with Gasteiger partial charge in [0.1, 0.15) is 16.6 Å². The van der Waals surface area contributed by atoms with E-state index < -0.39 is 5.60 Å². The van der Waals surface area contributed by atoms with Crippen molar-refractivity contribution in [1.29, 1.82) is 0 Å².